The number of carbonyl (C=O) groups excluding carboxylic acids is 3. The zero-order valence-corrected chi connectivity index (χ0v) is 34.4. The molecule has 2 N–H and O–H groups in total. The lowest BCUT2D eigenvalue weighted by Crippen LogP contribution is -2.70. The van der Waals surface area contributed by atoms with E-state index in [9.17, 15) is 34.2 Å². The minimum atomic E-state index is -0.928. The summed E-state index contributed by atoms with van der Waals surface area (Å²) < 4.78 is 33.8. The Hall–Kier alpha value is -5.19. The number of hydrogen-bond acceptors (Lipinski definition) is 12. The maximum atomic E-state index is 12.9. The maximum absolute atomic E-state index is 12.9. The van der Waals surface area contributed by atoms with Gasteiger partial charge in [-0.3, -0.25) is 24.6 Å². The SMILES string of the molecule is CC1=C(C(=O)OCc2ccc([N+](=O)[O-])cc2)N2C(=O)C(NC(=O)COc3ccccc3)[C@H]2S/C1=C\O.CCCCCCCC[S+]([O-])C(C)Cc1ccc2c(c1)OCO2. The van der Waals surface area contributed by atoms with Crippen molar-refractivity contribution in [1.29, 1.82) is 0 Å². The number of para-hydroxylation sites is 1. The number of allylic oxidation sites excluding steroid dienone is 1. The van der Waals surface area contributed by atoms with Crippen LogP contribution in [0.3, 0.4) is 0 Å². The standard InChI is InChI=1S/C24H21N3O8S.C18H28O3S/c1-14-18(11-28)36-23-20(25-19(29)13-34-17-5-3-2-4-6-17)22(30)26(23)21(14)24(31)35-12-15-7-9-16(10-8-15)27(32)33;1-3-4-5-6-7-8-11-22(19)15(2)12-16-9-10-17-18(13-16)21-14-20-17/h2-11,20,23,28H,12-13H2,1H3,(H,25,29);9-10,13,15H,3-8,11-12,14H2,1-2H3/b18-11-;/t20?,23-;/m1./s1. The highest BCUT2D eigenvalue weighted by molar-refractivity contribution is 8.04. The van der Waals surface area contributed by atoms with Crippen molar-refractivity contribution in [2.45, 2.75) is 89.0 Å². The molecule has 58 heavy (non-hydrogen) atoms. The molecule has 0 radical (unpaired) electrons. The number of non-ortho nitro benzene ring substituents is 1. The van der Waals surface area contributed by atoms with E-state index in [0.29, 0.717) is 28.6 Å². The van der Waals surface area contributed by atoms with Crippen LogP contribution in [0.25, 0.3) is 0 Å². The first-order valence-electron chi connectivity index (χ1n) is 19.2. The molecular formula is C42H49N3O11S2. The van der Waals surface area contributed by atoms with Crippen molar-refractivity contribution in [3.8, 4) is 17.2 Å². The molecule has 0 bridgehead atoms. The molecule has 1 saturated heterocycles. The second-order valence-corrected chi connectivity index (χ2v) is 17.0. The molecule has 0 spiro atoms. The summed E-state index contributed by atoms with van der Waals surface area (Å²) in [6.07, 6.45) is 9.16. The van der Waals surface area contributed by atoms with E-state index in [1.54, 1.807) is 31.2 Å². The molecule has 3 aliphatic rings. The van der Waals surface area contributed by atoms with Crippen LogP contribution in [0, 0.1) is 10.1 Å². The highest BCUT2D eigenvalue weighted by Crippen LogP contribution is 2.46. The molecule has 4 atom stereocenters. The number of esters is 1. The molecule has 16 heteroatoms. The molecule has 3 aromatic carbocycles. The summed E-state index contributed by atoms with van der Waals surface area (Å²) in [6, 6.07) is 19.3. The number of aliphatic hydroxyl groups is 1. The summed E-state index contributed by atoms with van der Waals surface area (Å²) in [6.45, 7) is 5.71. The molecule has 0 aliphatic carbocycles. The number of unbranched alkanes of at least 4 members (excludes halogenated alkanes) is 5. The Kier molecular flexibility index (Phi) is 16.3. The molecule has 2 amide bonds. The molecule has 14 nitrogen and oxygen atoms in total. The highest BCUT2D eigenvalue weighted by atomic mass is 32.2. The van der Waals surface area contributed by atoms with Crippen LogP contribution in [0.4, 0.5) is 5.69 Å². The summed E-state index contributed by atoms with van der Waals surface area (Å²) in [5, 5.41) is 22.6. The Bertz CT molecular complexity index is 1960. The van der Waals surface area contributed by atoms with Gasteiger partial charge in [0.2, 0.25) is 6.79 Å². The number of rotatable bonds is 18. The van der Waals surface area contributed by atoms with Crippen LogP contribution in [0.2, 0.25) is 0 Å². The fourth-order valence-electron chi connectivity index (χ4n) is 6.38. The van der Waals surface area contributed by atoms with E-state index in [1.807, 2.05) is 24.3 Å². The quantitative estimate of drug-likeness (QED) is 0.0249. The van der Waals surface area contributed by atoms with Gasteiger partial charge in [-0.1, -0.05) is 79.8 Å². The third-order valence-corrected chi connectivity index (χ3v) is 12.8. The maximum Gasteiger partial charge on any atom is 0.355 e. The zero-order valence-electron chi connectivity index (χ0n) is 32.8. The van der Waals surface area contributed by atoms with Gasteiger partial charge in [-0.25, -0.2) is 4.79 Å². The molecule has 1 fully saturated rings. The van der Waals surface area contributed by atoms with E-state index in [-0.39, 0.29) is 29.8 Å². The summed E-state index contributed by atoms with van der Waals surface area (Å²) in [7, 11) is 0. The average Bonchev–Trinajstić information content (AvgIpc) is 3.71. The summed E-state index contributed by atoms with van der Waals surface area (Å²) in [5.41, 5.74) is 1.90. The normalized spacial score (nSPS) is 18.3. The lowest BCUT2D eigenvalue weighted by atomic mass is 10.0. The van der Waals surface area contributed by atoms with Crippen LogP contribution in [-0.2, 0) is 43.3 Å². The fourth-order valence-corrected chi connectivity index (χ4v) is 8.88. The number of β-lactam (4-membered cyclic amide) rings is 1. The highest BCUT2D eigenvalue weighted by Gasteiger charge is 2.55. The number of nitrogens with one attached hydrogen (secondary N) is 1. The van der Waals surface area contributed by atoms with Crippen LogP contribution in [0.1, 0.15) is 70.4 Å². The van der Waals surface area contributed by atoms with Crippen LogP contribution in [-0.4, -0.2) is 73.1 Å². The van der Waals surface area contributed by atoms with Gasteiger partial charge in [0.05, 0.1) is 11.2 Å². The number of thioether (sulfide) groups is 1. The van der Waals surface area contributed by atoms with Gasteiger partial charge in [0.25, 0.3) is 17.5 Å². The number of benzene rings is 3. The first-order chi connectivity index (χ1) is 28.0. The zero-order chi connectivity index (χ0) is 41.6. The largest absolute Gasteiger partial charge is 0.616 e. The minimum absolute atomic E-state index is 0.0444. The van der Waals surface area contributed by atoms with Gasteiger partial charge in [0, 0.05) is 23.5 Å². The third-order valence-electron chi connectivity index (χ3n) is 9.62. The van der Waals surface area contributed by atoms with Crippen LogP contribution >= 0.6 is 11.8 Å². The molecule has 310 valence electrons. The first kappa shape index (κ1) is 43.9. The molecule has 3 aliphatic heterocycles. The number of amides is 2. The van der Waals surface area contributed by atoms with Crippen LogP contribution in [0.5, 0.6) is 17.2 Å². The van der Waals surface area contributed by atoms with E-state index in [4.69, 9.17) is 18.9 Å². The monoisotopic (exact) mass is 835 g/mol. The molecular weight excluding hydrogens is 787 g/mol. The summed E-state index contributed by atoms with van der Waals surface area (Å²) in [4.78, 5) is 50.1. The summed E-state index contributed by atoms with van der Waals surface area (Å²) in [5.74, 6) is 1.14. The number of aliphatic hydroxyl groups excluding tert-OH is 1. The van der Waals surface area contributed by atoms with Gasteiger partial charge >= 0.3 is 5.97 Å². The van der Waals surface area contributed by atoms with Crippen molar-refractivity contribution in [1.82, 2.24) is 10.2 Å². The summed E-state index contributed by atoms with van der Waals surface area (Å²) >= 11 is 0.386. The van der Waals surface area contributed by atoms with Crippen molar-refractivity contribution in [2.24, 2.45) is 0 Å². The fraction of sp³-hybridized carbons (Fsp3) is 0.405. The van der Waals surface area contributed by atoms with Crippen molar-refractivity contribution >= 4 is 46.4 Å². The number of carbonyl (C=O) groups is 3. The average molecular weight is 836 g/mol. The topological polar surface area (TPSA) is 190 Å². The van der Waals surface area contributed by atoms with Gasteiger partial charge in [0.1, 0.15) is 40.5 Å². The van der Waals surface area contributed by atoms with Crippen LogP contribution < -0.4 is 19.5 Å². The molecule has 0 aromatic heterocycles. The van der Waals surface area contributed by atoms with Gasteiger partial charge in [0.15, 0.2) is 18.1 Å². The number of hydrogen-bond donors (Lipinski definition) is 2. The number of nitro benzene ring substituents is 1. The second-order valence-electron chi connectivity index (χ2n) is 13.9. The van der Waals surface area contributed by atoms with Gasteiger partial charge in [-0.15, -0.1) is 0 Å². The molecule has 3 unspecified atom stereocenters. The second kappa shape index (κ2) is 21.5. The van der Waals surface area contributed by atoms with E-state index < -0.39 is 45.3 Å². The predicted molar refractivity (Wildman–Crippen MR) is 221 cm³/mol. The van der Waals surface area contributed by atoms with Gasteiger partial charge in [-0.2, -0.15) is 0 Å². The minimum Gasteiger partial charge on any atom is -0.616 e. The third kappa shape index (κ3) is 11.7. The molecule has 0 saturated carbocycles. The Morgan fingerprint density at radius 2 is 1.72 bits per heavy atom. The lowest BCUT2D eigenvalue weighted by molar-refractivity contribution is -0.384. The van der Waals surface area contributed by atoms with Crippen molar-refractivity contribution in [3.63, 3.8) is 0 Å². The van der Waals surface area contributed by atoms with Crippen LogP contribution in [0.15, 0.2) is 95.2 Å². The number of fused-ring (bicyclic) bond motifs is 2. The Labute approximate surface area is 345 Å². The van der Waals surface area contributed by atoms with Crippen molar-refractivity contribution < 1.29 is 47.9 Å². The molecule has 6 rings (SSSR count). The van der Waals surface area contributed by atoms with Gasteiger partial charge in [-0.05, 0) is 79.8 Å². The Balaban J connectivity index is 0.000000249. The number of nitrogens with zero attached hydrogens (tertiary/aromatic N) is 2. The number of nitro groups is 1. The smallest absolute Gasteiger partial charge is 0.355 e. The Morgan fingerprint density at radius 1 is 1.03 bits per heavy atom. The van der Waals surface area contributed by atoms with E-state index in [0.717, 1.165) is 48.1 Å². The van der Waals surface area contributed by atoms with E-state index >= 15 is 0 Å². The molecule has 3 heterocycles. The van der Waals surface area contributed by atoms with E-state index in [2.05, 4.69) is 19.2 Å². The lowest BCUT2D eigenvalue weighted by Gasteiger charge is -2.49. The number of ether oxygens (including phenoxy) is 4. The van der Waals surface area contributed by atoms with Crippen molar-refractivity contribution in [3.05, 3.63) is 116 Å². The van der Waals surface area contributed by atoms with E-state index in [1.165, 1.54) is 66.8 Å². The predicted octanol–water partition coefficient (Wildman–Crippen LogP) is 7.25. The Morgan fingerprint density at radius 3 is 2.43 bits per heavy atom. The van der Waals surface area contributed by atoms with Crippen molar-refractivity contribution in [2.75, 3.05) is 19.2 Å². The van der Waals surface area contributed by atoms with Gasteiger partial charge < -0.3 is 33.9 Å². The molecule has 3 aromatic rings. The first-order valence-corrected chi connectivity index (χ1v) is 21.5.